The van der Waals surface area contributed by atoms with Gasteiger partial charge in [0.1, 0.15) is 11.5 Å². The first kappa shape index (κ1) is 14.6. The Kier molecular flexibility index (Phi) is 4.82. The third-order valence-corrected chi connectivity index (χ3v) is 3.11. The summed E-state index contributed by atoms with van der Waals surface area (Å²) in [5, 5.41) is 3.32. The predicted octanol–water partition coefficient (Wildman–Crippen LogP) is 3.31. The SMILES string of the molecule is Cc1ccc(CN(C)CC(=O)Nc2ccccc2Cl)o1. The van der Waals surface area contributed by atoms with Crippen molar-refractivity contribution >= 4 is 23.2 Å². The Bertz CT molecular complexity index is 595. The minimum Gasteiger partial charge on any atom is -0.465 e. The van der Waals surface area contributed by atoms with Crippen LogP contribution in [0.3, 0.4) is 0 Å². The first-order chi connectivity index (χ1) is 9.54. The van der Waals surface area contributed by atoms with E-state index in [0.717, 1.165) is 11.5 Å². The number of amides is 1. The van der Waals surface area contributed by atoms with Crippen LogP contribution in [0.15, 0.2) is 40.8 Å². The molecule has 0 atom stereocenters. The summed E-state index contributed by atoms with van der Waals surface area (Å²) in [6.07, 6.45) is 0. The molecular weight excluding hydrogens is 276 g/mol. The third kappa shape index (κ3) is 4.11. The van der Waals surface area contributed by atoms with Gasteiger partial charge < -0.3 is 9.73 Å². The molecule has 0 saturated carbocycles. The Morgan fingerprint density at radius 1 is 1.30 bits per heavy atom. The molecule has 20 heavy (non-hydrogen) atoms. The first-order valence-corrected chi connectivity index (χ1v) is 6.70. The zero-order valence-electron chi connectivity index (χ0n) is 11.5. The highest BCUT2D eigenvalue weighted by Crippen LogP contribution is 2.20. The normalized spacial score (nSPS) is 10.8. The van der Waals surface area contributed by atoms with E-state index in [4.69, 9.17) is 16.0 Å². The van der Waals surface area contributed by atoms with E-state index in [1.165, 1.54) is 0 Å². The van der Waals surface area contributed by atoms with Crippen molar-refractivity contribution in [2.75, 3.05) is 18.9 Å². The maximum absolute atomic E-state index is 11.9. The Morgan fingerprint density at radius 2 is 2.05 bits per heavy atom. The Morgan fingerprint density at radius 3 is 2.70 bits per heavy atom. The average Bonchev–Trinajstić information content (AvgIpc) is 2.77. The third-order valence-electron chi connectivity index (χ3n) is 2.78. The van der Waals surface area contributed by atoms with Crippen LogP contribution in [0.4, 0.5) is 5.69 Å². The molecule has 0 aliphatic carbocycles. The van der Waals surface area contributed by atoms with Crippen molar-refractivity contribution < 1.29 is 9.21 Å². The van der Waals surface area contributed by atoms with E-state index in [0.29, 0.717) is 17.3 Å². The summed E-state index contributed by atoms with van der Waals surface area (Å²) in [6, 6.07) is 11.0. The number of hydrogen-bond donors (Lipinski definition) is 1. The molecule has 0 aliphatic rings. The molecule has 4 nitrogen and oxygen atoms in total. The highest BCUT2D eigenvalue weighted by Gasteiger charge is 2.10. The van der Waals surface area contributed by atoms with Gasteiger partial charge in [-0.25, -0.2) is 0 Å². The zero-order valence-corrected chi connectivity index (χ0v) is 12.3. The minimum absolute atomic E-state index is 0.108. The van der Waals surface area contributed by atoms with Crippen molar-refractivity contribution in [3.63, 3.8) is 0 Å². The number of carbonyl (C=O) groups is 1. The molecule has 2 aromatic rings. The summed E-state index contributed by atoms with van der Waals surface area (Å²) < 4.78 is 5.48. The molecule has 0 unspecified atom stereocenters. The molecule has 0 fully saturated rings. The molecule has 0 radical (unpaired) electrons. The van der Waals surface area contributed by atoms with Gasteiger partial charge in [-0.2, -0.15) is 0 Å². The smallest absolute Gasteiger partial charge is 0.238 e. The van der Waals surface area contributed by atoms with E-state index in [-0.39, 0.29) is 12.5 Å². The fourth-order valence-corrected chi connectivity index (χ4v) is 2.07. The Labute approximate surface area is 123 Å². The van der Waals surface area contributed by atoms with Crippen LogP contribution in [0, 0.1) is 6.92 Å². The molecule has 1 N–H and O–H groups in total. The molecule has 5 heteroatoms. The van der Waals surface area contributed by atoms with E-state index in [1.54, 1.807) is 12.1 Å². The number of benzene rings is 1. The summed E-state index contributed by atoms with van der Waals surface area (Å²) in [5.74, 6) is 1.60. The molecule has 0 bridgehead atoms. The number of halogens is 1. The van der Waals surface area contributed by atoms with E-state index in [2.05, 4.69) is 5.32 Å². The van der Waals surface area contributed by atoms with Gasteiger partial charge in [0.15, 0.2) is 0 Å². The van der Waals surface area contributed by atoms with Gasteiger partial charge in [-0.1, -0.05) is 23.7 Å². The van der Waals surface area contributed by atoms with Crippen molar-refractivity contribution in [3.05, 3.63) is 52.9 Å². The molecular formula is C15H17ClN2O2. The molecule has 1 aromatic carbocycles. The van der Waals surface area contributed by atoms with Crippen LogP contribution in [0.5, 0.6) is 0 Å². The number of aryl methyl sites for hydroxylation is 1. The summed E-state index contributed by atoms with van der Waals surface area (Å²) in [7, 11) is 1.87. The maximum Gasteiger partial charge on any atom is 0.238 e. The highest BCUT2D eigenvalue weighted by molar-refractivity contribution is 6.33. The zero-order chi connectivity index (χ0) is 14.5. The van der Waals surface area contributed by atoms with Crippen molar-refractivity contribution in [3.8, 4) is 0 Å². The molecule has 2 rings (SSSR count). The second-order valence-electron chi connectivity index (χ2n) is 4.71. The fourth-order valence-electron chi connectivity index (χ4n) is 1.89. The van der Waals surface area contributed by atoms with Crippen molar-refractivity contribution in [1.29, 1.82) is 0 Å². The van der Waals surface area contributed by atoms with Crippen LogP contribution in [0.1, 0.15) is 11.5 Å². The Balaban J connectivity index is 1.86. The lowest BCUT2D eigenvalue weighted by Gasteiger charge is -2.15. The van der Waals surface area contributed by atoms with Gasteiger partial charge in [-0.3, -0.25) is 9.69 Å². The standard InChI is InChI=1S/C15H17ClN2O2/c1-11-7-8-12(20-11)9-18(2)10-15(19)17-14-6-4-3-5-13(14)16/h3-8H,9-10H2,1-2H3,(H,17,19). The number of rotatable bonds is 5. The van der Waals surface area contributed by atoms with Crippen LogP contribution >= 0.6 is 11.6 Å². The molecule has 106 valence electrons. The molecule has 1 amide bonds. The lowest BCUT2D eigenvalue weighted by Crippen LogP contribution is -2.29. The number of furan rings is 1. The summed E-state index contributed by atoms with van der Waals surface area (Å²) in [4.78, 5) is 13.8. The van der Waals surface area contributed by atoms with Crippen LogP contribution in [-0.2, 0) is 11.3 Å². The van der Waals surface area contributed by atoms with Gasteiger partial charge in [-0.15, -0.1) is 0 Å². The second-order valence-corrected chi connectivity index (χ2v) is 5.12. The molecule has 1 heterocycles. The van der Waals surface area contributed by atoms with Gasteiger partial charge in [0.05, 0.1) is 23.8 Å². The number of carbonyl (C=O) groups excluding carboxylic acids is 1. The lowest BCUT2D eigenvalue weighted by atomic mass is 10.3. The van der Waals surface area contributed by atoms with Crippen LogP contribution < -0.4 is 5.32 Å². The average molecular weight is 293 g/mol. The Hall–Kier alpha value is -1.78. The summed E-state index contributed by atoms with van der Waals surface area (Å²) >= 11 is 5.99. The van der Waals surface area contributed by atoms with E-state index < -0.39 is 0 Å². The maximum atomic E-state index is 11.9. The van der Waals surface area contributed by atoms with Gasteiger partial charge in [0.2, 0.25) is 5.91 Å². The second kappa shape index (κ2) is 6.59. The number of para-hydroxylation sites is 1. The summed E-state index contributed by atoms with van der Waals surface area (Å²) in [6.45, 7) is 2.75. The van der Waals surface area contributed by atoms with Gasteiger partial charge in [0, 0.05) is 0 Å². The predicted molar refractivity (Wildman–Crippen MR) is 79.9 cm³/mol. The molecule has 0 spiro atoms. The first-order valence-electron chi connectivity index (χ1n) is 6.33. The van der Waals surface area contributed by atoms with Crippen molar-refractivity contribution in [1.82, 2.24) is 4.90 Å². The van der Waals surface area contributed by atoms with E-state index in [1.807, 2.05) is 43.1 Å². The lowest BCUT2D eigenvalue weighted by molar-refractivity contribution is -0.117. The number of hydrogen-bond acceptors (Lipinski definition) is 3. The molecule has 0 saturated heterocycles. The van der Waals surface area contributed by atoms with E-state index >= 15 is 0 Å². The largest absolute Gasteiger partial charge is 0.465 e. The number of likely N-dealkylation sites (N-methyl/N-ethyl adjacent to an activating group) is 1. The quantitative estimate of drug-likeness (QED) is 0.919. The number of nitrogens with one attached hydrogen (secondary N) is 1. The summed E-state index contributed by atoms with van der Waals surface area (Å²) in [5.41, 5.74) is 0.626. The molecule has 1 aromatic heterocycles. The van der Waals surface area contributed by atoms with Gasteiger partial charge in [-0.05, 0) is 38.2 Å². The molecule has 0 aliphatic heterocycles. The number of anilines is 1. The van der Waals surface area contributed by atoms with Crippen molar-refractivity contribution in [2.45, 2.75) is 13.5 Å². The van der Waals surface area contributed by atoms with Gasteiger partial charge >= 0.3 is 0 Å². The monoisotopic (exact) mass is 292 g/mol. The fraction of sp³-hybridized carbons (Fsp3) is 0.267. The highest BCUT2D eigenvalue weighted by atomic mass is 35.5. The van der Waals surface area contributed by atoms with Gasteiger partial charge in [0.25, 0.3) is 0 Å². The van der Waals surface area contributed by atoms with Crippen LogP contribution in [0.2, 0.25) is 5.02 Å². The van der Waals surface area contributed by atoms with Crippen molar-refractivity contribution in [2.24, 2.45) is 0 Å². The van der Waals surface area contributed by atoms with E-state index in [9.17, 15) is 4.79 Å². The van der Waals surface area contributed by atoms with Crippen LogP contribution in [0.25, 0.3) is 0 Å². The number of nitrogens with zero attached hydrogens (tertiary/aromatic N) is 1. The minimum atomic E-state index is -0.108. The topological polar surface area (TPSA) is 45.5 Å². The van der Waals surface area contributed by atoms with Crippen LogP contribution in [-0.4, -0.2) is 24.4 Å².